The third kappa shape index (κ3) is 2.19. The van der Waals surface area contributed by atoms with Gasteiger partial charge in [-0.15, -0.1) is 0 Å². The summed E-state index contributed by atoms with van der Waals surface area (Å²) in [6.07, 6.45) is 4.16. The highest BCUT2D eigenvalue weighted by Gasteiger charge is 2.30. The lowest BCUT2D eigenvalue weighted by Crippen LogP contribution is -2.34. The van der Waals surface area contributed by atoms with Gasteiger partial charge in [0.15, 0.2) is 0 Å². The highest BCUT2D eigenvalue weighted by molar-refractivity contribution is 9.09. The fourth-order valence-corrected chi connectivity index (χ4v) is 2.90. The Hall–Kier alpha value is 0.440. The van der Waals surface area contributed by atoms with Gasteiger partial charge < -0.3 is 4.90 Å². The van der Waals surface area contributed by atoms with Crippen LogP contribution in [0.4, 0.5) is 0 Å². The molecule has 0 aromatic heterocycles. The molecule has 0 aliphatic heterocycles. The van der Waals surface area contributed by atoms with Gasteiger partial charge in [-0.25, -0.2) is 0 Å². The van der Waals surface area contributed by atoms with E-state index in [9.17, 15) is 0 Å². The van der Waals surface area contributed by atoms with Gasteiger partial charge in [-0.2, -0.15) is 0 Å². The van der Waals surface area contributed by atoms with Crippen molar-refractivity contribution in [1.29, 1.82) is 0 Å². The summed E-state index contributed by atoms with van der Waals surface area (Å²) in [5, 5.41) is 0. The van der Waals surface area contributed by atoms with Crippen LogP contribution in [-0.4, -0.2) is 29.9 Å². The van der Waals surface area contributed by atoms with Crippen molar-refractivity contribution < 1.29 is 0 Å². The molecular formula is C9H18BrN. The molecule has 2 unspecified atom stereocenters. The average molecular weight is 220 g/mol. The molecule has 0 radical (unpaired) electrons. The van der Waals surface area contributed by atoms with Gasteiger partial charge in [0.25, 0.3) is 0 Å². The summed E-state index contributed by atoms with van der Waals surface area (Å²) in [7, 11) is 4.34. The second kappa shape index (κ2) is 3.90. The van der Waals surface area contributed by atoms with E-state index in [0.29, 0.717) is 0 Å². The Morgan fingerprint density at radius 2 is 2.00 bits per heavy atom. The number of alkyl halides is 1. The number of nitrogens with zero attached hydrogens (tertiary/aromatic N) is 1. The molecule has 3 atom stereocenters. The Morgan fingerprint density at radius 3 is 2.36 bits per heavy atom. The molecule has 2 heteroatoms. The van der Waals surface area contributed by atoms with Crippen LogP contribution in [0.15, 0.2) is 0 Å². The van der Waals surface area contributed by atoms with Crippen LogP contribution in [0.5, 0.6) is 0 Å². The number of rotatable bonds is 2. The first-order valence-electron chi connectivity index (χ1n) is 4.43. The van der Waals surface area contributed by atoms with Crippen LogP contribution in [0, 0.1) is 5.92 Å². The molecule has 1 fully saturated rings. The lowest BCUT2D eigenvalue weighted by atomic mass is 9.99. The van der Waals surface area contributed by atoms with E-state index in [1.807, 2.05) is 0 Å². The minimum atomic E-state index is 0.724. The van der Waals surface area contributed by atoms with Gasteiger partial charge in [0, 0.05) is 10.9 Å². The quantitative estimate of drug-likeness (QED) is 0.646. The molecule has 0 amide bonds. The largest absolute Gasteiger partial charge is 0.306 e. The zero-order chi connectivity index (χ0) is 8.43. The van der Waals surface area contributed by atoms with Crippen molar-refractivity contribution in [3.05, 3.63) is 0 Å². The molecule has 1 rings (SSSR count). The summed E-state index contributed by atoms with van der Waals surface area (Å²) in [4.78, 5) is 3.09. The molecule has 0 aromatic rings. The van der Waals surface area contributed by atoms with Crippen LogP contribution in [0.25, 0.3) is 0 Å². The monoisotopic (exact) mass is 219 g/mol. The Bertz CT molecular complexity index is 125. The second-order valence-electron chi connectivity index (χ2n) is 3.81. The summed E-state index contributed by atoms with van der Waals surface area (Å²) >= 11 is 3.75. The molecule has 0 bridgehead atoms. The van der Waals surface area contributed by atoms with Crippen molar-refractivity contribution in [3.63, 3.8) is 0 Å². The zero-order valence-electron chi connectivity index (χ0n) is 7.68. The molecule has 0 heterocycles. The fourth-order valence-electron chi connectivity index (χ4n) is 1.87. The molecular weight excluding hydrogens is 202 g/mol. The summed E-state index contributed by atoms with van der Waals surface area (Å²) in [6.45, 7) is 2.32. The first-order valence-corrected chi connectivity index (χ1v) is 5.35. The molecule has 1 saturated carbocycles. The van der Waals surface area contributed by atoms with Gasteiger partial charge in [0.1, 0.15) is 0 Å². The maximum Gasteiger partial charge on any atom is 0.0188 e. The first-order chi connectivity index (χ1) is 5.13. The van der Waals surface area contributed by atoms with Gasteiger partial charge in [0.2, 0.25) is 0 Å². The number of hydrogen-bond donors (Lipinski definition) is 0. The van der Waals surface area contributed by atoms with E-state index >= 15 is 0 Å². The molecule has 1 aliphatic rings. The van der Waals surface area contributed by atoms with Crippen LogP contribution in [0.1, 0.15) is 26.2 Å². The molecule has 0 N–H and O–H groups in total. The van der Waals surface area contributed by atoms with Crippen molar-refractivity contribution in [2.24, 2.45) is 5.92 Å². The van der Waals surface area contributed by atoms with Gasteiger partial charge in [-0.05, 0) is 39.8 Å². The van der Waals surface area contributed by atoms with Crippen LogP contribution in [0.2, 0.25) is 0 Å². The predicted molar refractivity (Wildman–Crippen MR) is 53.2 cm³/mol. The van der Waals surface area contributed by atoms with Gasteiger partial charge in [0.05, 0.1) is 0 Å². The van der Waals surface area contributed by atoms with Crippen molar-refractivity contribution in [3.8, 4) is 0 Å². The Kier molecular flexibility index (Phi) is 3.38. The molecule has 0 aromatic carbocycles. The number of hydrogen-bond acceptors (Lipinski definition) is 1. The summed E-state index contributed by atoms with van der Waals surface area (Å²) in [5.74, 6) is 0.866. The highest BCUT2D eigenvalue weighted by Crippen LogP contribution is 2.34. The summed E-state index contributed by atoms with van der Waals surface area (Å²) < 4.78 is 0. The van der Waals surface area contributed by atoms with Crippen molar-refractivity contribution in [2.75, 3.05) is 14.1 Å². The first kappa shape index (κ1) is 9.53. The molecule has 66 valence electrons. The van der Waals surface area contributed by atoms with E-state index in [2.05, 4.69) is 41.8 Å². The van der Waals surface area contributed by atoms with E-state index in [0.717, 1.165) is 16.8 Å². The van der Waals surface area contributed by atoms with Gasteiger partial charge in [-0.3, -0.25) is 0 Å². The van der Waals surface area contributed by atoms with Crippen LogP contribution < -0.4 is 0 Å². The molecule has 1 nitrogen and oxygen atoms in total. The van der Waals surface area contributed by atoms with E-state index < -0.39 is 0 Å². The topological polar surface area (TPSA) is 3.24 Å². The predicted octanol–water partition coefficient (Wildman–Crippen LogP) is 2.50. The maximum absolute atomic E-state index is 3.75. The smallest absolute Gasteiger partial charge is 0.0188 e. The Balaban J connectivity index is 2.45. The third-order valence-electron chi connectivity index (χ3n) is 2.92. The molecule has 0 spiro atoms. The van der Waals surface area contributed by atoms with E-state index in [1.165, 1.54) is 19.3 Å². The van der Waals surface area contributed by atoms with Crippen molar-refractivity contribution in [2.45, 2.75) is 37.1 Å². The normalized spacial score (nSPS) is 34.6. The average Bonchev–Trinajstić information content (AvgIpc) is 2.33. The SMILES string of the molecule is C[C@H](C1CCCC1Br)N(C)C. The molecule has 0 saturated heterocycles. The van der Waals surface area contributed by atoms with Gasteiger partial charge in [-0.1, -0.05) is 22.4 Å². The second-order valence-corrected chi connectivity index (χ2v) is 4.99. The van der Waals surface area contributed by atoms with Crippen LogP contribution in [-0.2, 0) is 0 Å². The van der Waals surface area contributed by atoms with Crippen molar-refractivity contribution in [1.82, 2.24) is 4.90 Å². The van der Waals surface area contributed by atoms with E-state index in [4.69, 9.17) is 0 Å². The minimum Gasteiger partial charge on any atom is -0.306 e. The lowest BCUT2D eigenvalue weighted by molar-refractivity contribution is 0.234. The lowest BCUT2D eigenvalue weighted by Gasteiger charge is -2.28. The van der Waals surface area contributed by atoms with Crippen LogP contribution in [0.3, 0.4) is 0 Å². The zero-order valence-corrected chi connectivity index (χ0v) is 9.26. The maximum atomic E-state index is 3.75. The van der Waals surface area contributed by atoms with Crippen molar-refractivity contribution >= 4 is 15.9 Å². The van der Waals surface area contributed by atoms with Crippen LogP contribution >= 0.6 is 15.9 Å². The molecule has 1 aliphatic carbocycles. The Labute approximate surface area is 78.3 Å². The highest BCUT2D eigenvalue weighted by atomic mass is 79.9. The van der Waals surface area contributed by atoms with E-state index in [-0.39, 0.29) is 0 Å². The fraction of sp³-hybridized carbons (Fsp3) is 1.00. The molecule has 11 heavy (non-hydrogen) atoms. The summed E-state index contributed by atoms with van der Waals surface area (Å²) in [6, 6.07) is 0.724. The van der Waals surface area contributed by atoms with E-state index in [1.54, 1.807) is 0 Å². The number of halogens is 1. The Morgan fingerprint density at radius 1 is 1.36 bits per heavy atom. The van der Waals surface area contributed by atoms with Gasteiger partial charge >= 0.3 is 0 Å². The third-order valence-corrected chi connectivity index (χ3v) is 4.05. The minimum absolute atomic E-state index is 0.724. The summed E-state index contributed by atoms with van der Waals surface area (Å²) in [5.41, 5.74) is 0. The standard InChI is InChI=1S/C9H18BrN/c1-7(11(2)3)8-5-4-6-9(8)10/h7-9H,4-6H2,1-3H3/t7-,8?,9?/m1/s1.